The standard InChI is InChI=1S/C22H30N4O3S.HI/c1-4-23-22(24-15-8-16-30(28,29)20-9-6-5-7-10-20)25-17-18-11-13-19(14-12-18)21(27)26(2)3;/h5-7,9-14H,4,8,15-17H2,1-3H3,(H2,23,24,25);1H. The van der Waals surface area contributed by atoms with Crippen LogP contribution >= 0.6 is 24.0 Å². The fourth-order valence-corrected chi connectivity index (χ4v) is 4.07. The fraction of sp³-hybridized carbons (Fsp3) is 0.364. The number of aliphatic imine (C=N–C) groups is 1. The highest BCUT2D eigenvalue weighted by molar-refractivity contribution is 14.0. The third kappa shape index (κ3) is 8.86. The number of halogens is 1. The maximum absolute atomic E-state index is 12.3. The van der Waals surface area contributed by atoms with Crippen molar-refractivity contribution >= 4 is 45.7 Å². The van der Waals surface area contributed by atoms with E-state index in [-0.39, 0.29) is 35.6 Å². The zero-order valence-electron chi connectivity index (χ0n) is 18.2. The first-order valence-corrected chi connectivity index (χ1v) is 11.6. The smallest absolute Gasteiger partial charge is 0.253 e. The SMILES string of the molecule is CCNC(=NCc1ccc(C(=O)N(C)C)cc1)NCCCS(=O)(=O)c1ccccc1.I. The predicted molar refractivity (Wildman–Crippen MR) is 136 cm³/mol. The third-order valence-electron chi connectivity index (χ3n) is 4.36. The van der Waals surface area contributed by atoms with Crippen LogP contribution in [-0.2, 0) is 16.4 Å². The molecule has 0 radical (unpaired) electrons. The first-order valence-electron chi connectivity index (χ1n) is 9.94. The molecule has 0 saturated carbocycles. The predicted octanol–water partition coefficient (Wildman–Crippen LogP) is 2.93. The lowest BCUT2D eigenvalue weighted by atomic mass is 10.1. The van der Waals surface area contributed by atoms with Gasteiger partial charge in [-0.1, -0.05) is 30.3 Å². The Hall–Kier alpha value is -2.14. The summed E-state index contributed by atoms with van der Waals surface area (Å²) in [5.74, 6) is 0.665. The molecule has 0 unspecified atom stereocenters. The van der Waals surface area contributed by atoms with Crippen molar-refractivity contribution in [1.29, 1.82) is 0 Å². The van der Waals surface area contributed by atoms with Crippen LogP contribution in [0.2, 0.25) is 0 Å². The normalized spacial score (nSPS) is 11.4. The Kier molecular flexibility index (Phi) is 11.5. The molecule has 2 rings (SSSR count). The van der Waals surface area contributed by atoms with Gasteiger partial charge in [-0.3, -0.25) is 4.79 Å². The van der Waals surface area contributed by atoms with E-state index in [1.807, 2.05) is 19.1 Å². The molecule has 0 saturated heterocycles. The van der Waals surface area contributed by atoms with Crippen LogP contribution in [0, 0.1) is 0 Å². The number of nitrogens with one attached hydrogen (secondary N) is 2. The molecule has 170 valence electrons. The van der Waals surface area contributed by atoms with E-state index in [0.29, 0.717) is 42.5 Å². The highest BCUT2D eigenvalue weighted by Crippen LogP contribution is 2.11. The van der Waals surface area contributed by atoms with Crippen molar-refractivity contribution in [2.75, 3.05) is 32.9 Å². The number of guanidine groups is 1. The summed E-state index contributed by atoms with van der Waals surface area (Å²) in [7, 11) is 0.170. The molecule has 1 amide bonds. The Morgan fingerprint density at radius 2 is 1.65 bits per heavy atom. The monoisotopic (exact) mass is 558 g/mol. The van der Waals surface area contributed by atoms with Gasteiger partial charge in [0.05, 0.1) is 17.2 Å². The van der Waals surface area contributed by atoms with Crippen LogP contribution in [0.1, 0.15) is 29.3 Å². The number of nitrogens with zero attached hydrogens (tertiary/aromatic N) is 2. The van der Waals surface area contributed by atoms with E-state index in [2.05, 4.69) is 15.6 Å². The topological polar surface area (TPSA) is 90.9 Å². The summed E-state index contributed by atoms with van der Waals surface area (Å²) in [4.78, 5) is 18.4. The minimum absolute atomic E-state index is 0. The highest BCUT2D eigenvalue weighted by Gasteiger charge is 2.13. The molecule has 7 nitrogen and oxygen atoms in total. The Balaban J connectivity index is 0.00000480. The lowest BCUT2D eigenvalue weighted by molar-refractivity contribution is 0.0827. The molecule has 0 aliphatic heterocycles. The summed E-state index contributed by atoms with van der Waals surface area (Å²) < 4.78 is 24.7. The van der Waals surface area contributed by atoms with E-state index in [0.717, 1.165) is 5.56 Å². The zero-order chi connectivity index (χ0) is 22.0. The molecule has 0 bridgehead atoms. The average Bonchev–Trinajstić information content (AvgIpc) is 2.75. The van der Waals surface area contributed by atoms with Crippen LogP contribution in [-0.4, -0.2) is 58.1 Å². The minimum Gasteiger partial charge on any atom is -0.357 e. The maximum Gasteiger partial charge on any atom is 0.253 e. The largest absolute Gasteiger partial charge is 0.357 e. The number of amides is 1. The summed E-state index contributed by atoms with van der Waals surface area (Å²) >= 11 is 0. The summed E-state index contributed by atoms with van der Waals surface area (Å²) in [6, 6.07) is 15.8. The van der Waals surface area contributed by atoms with Crippen molar-refractivity contribution in [3.63, 3.8) is 0 Å². The average molecular weight is 558 g/mol. The molecule has 2 N–H and O–H groups in total. The van der Waals surface area contributed by atoms with Gasteiger partial charge >= 0.3 is 0 Å². The number of carbonyl (C=O) groups excluding carboxylic acids is 1. The zero-order valence-corrected chi connectivity index (χ0v) is 21.3. The van der Waals surface area contributed by atoms with E-state index in [1.165, 1.54) is 0 Å². The number of hydrogen-bond acceptors (Lipinski definition) is 4. The Bertz CT molecular complexity index is 946. The van der Waals surface area contributed by atoms with E-state index in [1.54, 1.807) is 61.5 Å². The van der Waals surface area contributed by atoms with E-state index in [4.69, 9.17) is 0 Å². The molecule has 9 heteroatoms. The third-order valence-corrected chi connectivity index (χ3v) is 6.17. The Morgan fingerprint density at radius 3 is 2.23 bits per heavy atom. The van der Waals surface area contributed by atoms with Crippen molar-refractivity contribution in [2.24, 2.45) is 4.99 Å². The molecule has 0 aliphatic rings. The molecular formula is C22H31IN4O3S. The van der Waals surface area contributed by atoms with E-state index < -0.39 is 9.84 Å². The molecule has 0 aliphatic carbocycles. The van der Waals surface area contributed by atoms with Crippen molar-refractivity contribution in [2.45, 2.75) is 24.8 Å². The van der Waals surface area contributed by atoms with Gasteiger partial charge in [-0.05, 0) is 43.2 Å². The second-order valence-corrected chi connectivity index (χ2v) is 9.11. The first-order chi connectivity index (χ1) is 14.3. The molecule has 0 aromatic heterocycles. The van der Waals surface area contributed by atoms with Crippen molar-refractivity contribution in [3.05, 3.63) is 65.7 Å². The Morgan fingerprint density at radius 1 is 1.00 bits per heavy atom. The van der Waals surface area contributed by atoms with Crippen LogP contribution < -0.4 is 10.6 Å². The molecular weight excluding hydrogens is 527 g/mol. The van der Waals surface area contributed by atoms with Crippen LogP contribution in [0.15, 0.2) is 64.5 Å². The molecule has 2 aromatic carbocycles. The van der Waals surface area contributed by atoms with Gasteiger partial charge in [-0.2, -0.15) is 0 Å². The molecule has 0 fully saturated rings. The summed E-state index contributed by atoms with van der Waals surface area (Å²) in [5.41, 5.74) is 1.62. The summed E-state index contributed by atoms with van der Waals surface area (Å²) in [6.07, 6.45) is 0.475. The maximum atomic E-state index is 12.3. The van der Waals surface area contributed by atoms with Crippen molar-refractivity contribution in [3.8, 4) is 0 Å². The molecule has 0 atom stereocenters. The van der Waals surface area contributed by atoms with Crippen LogP contribution in [0.25, 0.3) is 0 Å². The summed E-state index contributed by atoms with van der Waals surface area (Å²) in [5, 5.41) is 6.33. The number of sulfone groups is 1. The van der Waals surface area contributed by atoms with Crippen molar-refractivity contribution < 1.29 is 13.2 Å². The highest BCUT2D eigenvalue weighted by atomic mass is 127. The van der Waals surface area contributed by atoms with Gasteiger partial charge in [0.1, 0.15) is 0 Å². The fourth-order valence-electron chi connectivity index (χ4n) is 2.74. The van der Waals surface area contributed by atoms with Gasteiger partial charge in [-0.15, -0.1) is 24.0 Å². The molecule has 0 spiro atoms. The van der Waals surface area contributed by atoms with Gasteiger partial charge in [0, 0.05) is 32.7 Å². The van der Waals surface area contributed by atoms with Gasteiger partial charge in [0.25, 0.3) is 5.91 Å². The second-order valence-electron chi connectivity index (χ2n) is 7.00. The minimum atomic E-state index is -3.27. The van der Waals surface area contributed by atoms with Gasteiger partial charge in [0.15, 0.2) is 15.8 Å². The van der Waals surface area contributed by atoms with Crippen LogP contribution in [0.4, 0.5) is 0 Å². The summed E-state index contributed by atoms with van der Waals surface area (Å²) in [6.45, 7) is 3.62. The lowest BCUT2D eigenvalue weighted by Gasteiger charge is -2.12. The van der Waals surface area contributed by atoms with E-state index >= 15 is 0 Å². The quantitative estimate of drug-likeness (QED) is 0.214. The Labute approximate surface area is 202 Å². The number of benzene rings is 2. The second kappa shape index (κ2) is 13.3. The first kappa shape index (κ1) is 26.9. The molecule has 0 heterocycles. The van der Waals surface area contributed by atoms with Crippen molar-refractivity contribution in [1.82, 2.24) is 15.5 Å². The van der Waals surface area contributed by atoms with Crippen LogP contribution in [0.5, 0.6) is 0 Å². The van der Waals surface area contributed by atoms with Gasteiger partial charge in [0.2, 0.25) is 0 Å². The molecule has 2 aromatic rings. The van der Waals surface area contributed by atoms with Crippen LogP contribution in [0.3, 0.4) is 0 Å². The van der Waals surface area contributed by atoms with Gasteiger partial charge in [-0.25, -0.2) is 13.4 Å². The van der Waals surface area contributed by atoms with E-state index in [9.17, 15) is 13.2 Å². The molecule has 31 heavy (non-hydrogen) atoms. The number of hydrogen-bond donors (Lipinski definition) is 2. The van der Waals surface area contributed by atoms with Gasteiger partial charge < -0.3 is 15.5 Å². The lowest BCUT2D eigenvalue weighted by Crippen LogP contribution is -2.38. The number of rotatable bonds is 9. The number of carbonyl (C=O) groups is 1.